The Morgan fingerprint density at radius 1 is 1.03 bits per heavy atom. The lowest BCUT2D eigenvalue weighted by Crippen LogP contribution is -2.54. The van der Waals surface area contributed by atoms with Gasteiger partial charge in [0, 0.05) is 10.7 Å². The number of hydrogen-bond donors (Lipinski definition) is 0. The fourth-order valence-corrected chi connectivity index (χ4v) is 5.66. The first-order chi connectivity index (χ1) is 14.7. The molecule has 1 fully saturated rings. The molecule has 32 heavy (non-hydrogen) atoms. The molecule has 0 bridgehead atoms. The minimum atomic E-state index is -0.210. The molecule has 0 aromatic heterocycles. The summed E-state index contributed by atoms with van der Waals surface area (Å²) >= 11 is 7.90. The standard InChI is InChI=1S/C26H32ClN3S.HI/c1-18-6-10-21(11-7-18)28-23-26(16-14-19(15-17-26)25(2,3)4)30(24(29-23)31-5)22-12-8-20(27)9-13-22;/h6-13,19H,14-17H2,1-5H3;1H. The Balaban J connectivity index is 0.00000289. The maximum Gasteiger partial charge on any atom is 0.170 e. The lowest BCUT2D eigenvalue weighted by Gasteiger charge is -2.47. The van der Waals surface area contributed by atoms with Crippen LogP contribution in [-0.2, 0) is 0 Å². The van der Waals surface area contributed by atoms with Crippen LogP contribution in [0.3, 0.4) is 0 Å². The number of amidine groups is 2. The summed E-state index contributed by atoms with van der Waals surface area (Å²) in [6, 6.07) is 16.6. The molecule has 3 nitrogen and oxygen atoms in total. The van der Waals surface area contributed by atoms with Crippen LogP contribution < -0.4 is 4.90 Å². The fraction of sp³-hybridized carbons (Fsp3) is 0.462. The van der Waals surface area contributed by atoms with Gasteiger partial charge < -0.3 is 4.90 Å². The summed E-state index contributed by atoms with van der Waals surface area (Å²) in [6.07, 6.45) is 6.56. The van der Waals surface area contributed by atoms with Gasteiger partial charge >= 0.3 is 0 Å². The number of halogens is 2. The van der Waals surface area contributed by atoms with Crippen molar-refractivity contribution >= 4 is 69.7 Å². The molecule has 0 unspecified atom stereocenters. The van der Waals surface area contributed by atoms with Gasteiger partial charge in [-0.15, -0.1) is 24.0 Å². The highest BCUT2D eigenvalue weighted by molar-refractivity contribution is 14.0. The zero-order chi connectivity index (χ0) is 22.2. The molecule has 2 aliphatic rings. The van der Waals surface area contributed by atoms with Crippen molar-refractivity contribution in [3.63, 3.8) is 0 Å². The summed E-state index contributed by atoms with van der Waals surface area (Å²) in [5.41, 5.74) is 3.47. The number of hydrogen-bond acceptors (Lipinski definition) is 3. The monoisotopic (exact) mass is 581 g/mol. The van der Waals surface area contributed by atoms with Gasteiger partial charge in [0.2, 0.25) is 0 Å². The number of aliphatic imine (C=N–C) groups is 2. The molecule has 2 aromatic rings. The zero-order valence-electron chi connectivity index (χ0n) is 19.6. The SMILES string of the molecule is CSC1=NC(=Nc2ccc(C)cc2)C2(CCC(C(C)(C)C)CC2)N1c1ccc(Cl)cc1.I. The van der Waals surface area contributed by atoms with Gasteiger partial charge in [-0.05, 0) is 86.6 Å². The van der Waals surface area contributed by atoms with Crippen molar-refractivity contribution < 1.29 is 0 Å². The van der Waals surface area contributed by atoms with Crippen LogP contribution in [0.5, 0.6) is 0 Å². The van der Waals surface area contributed by atoms with Crippen LogP contribution in [0.2, 0.25) is 5.02 Å². The van der Waals surface area contributed by atoms with Crippen molar-refractivity contribution in [2.75, 3.05) is 11.2 Å². The number of benzene rings is 2. The Bertz CT molecular complexity index is 985. The van der Waals surface area contributed by atoms with E-state index in [0.29, 0.717) is 11.3 Å². The van der Waals surface area contributed by atoms with Crippen molar-refractivity contribution in [1.29, 1.82) is 0 Å². The molecule has 1 spiro atoms. The van der Waals surface area contributed by atoms with Gasteiger partial charge in [0.05, 0.1) is 5.69 Å². The highest BCUT2D eigenvalue weighted by Gasteiger charge is 2.51. The minimum absolute atomic E-state index is 0. The van der Waals surface area contributed by atoms with Crippen molar-refractivity contribution in [1.82, 2.24) is 0 Å². The van der Waals surface area contributed by atoms with E-state index in [1.54, 1.807) is 11.8 Å². The van der Waals surface area contributed by atoms with Crippen LogP contribution in [0, 0.1) is 18.3 Å². The van der Waals surface area contributed by atoms with Crippen molar-refractivity contribution in [3.05, 3.63) is 59.1 Å². The summed E-state index contributed by atoms with van der Waals surface area (Å²) in [4.78, 5) is 12.6. The maximum absolute atomic E-state index is 6.21. The van der Waals surface area contributed by atoms with E-state index in [4.69, 9.17) is 21.6 Å². The Hall–Kier alpha value is -1.05. The van der Waals surface area contributed by atoms with Crippen LogP contribution in [-0.4, -0.2) is 22.8 Å². The Labute approximate surface area is 219 Å². The Kier molecular flexibility index (Phi) is 8.04. The molecule has 1 aliphatic carbocycles. The summed E-state index contributed by atoms with van der Waals surface area (Å²) < 4.78 is 0. The molecule has 1 saturated carbocycles. The molecule has 0 amide bonds. The van der Waals surface area contributed by atoms with Gasteiger partial charge in [-0.2, -0.15) is 0 Å². The summed E-state index contributed by atoms with van der Waals surface area (Å²) in [5.74, 6) is 1.66. The third-order valence-corrected chi connectivity index (χ3v) is 7.70. The van der Waals surface area contributed by atoms with E-state index in [2.05, 4.69) is 75.2 Å². The topological polar surface area (TPSA) is 28.0 Å². The second-order valence-corrected chi connectivity index (χ2v) is 11.1. The van der Waals surface area contributed by atoms with Crippen molar-refractivity contribution in [2.45, 2.75) is 58.9 Å². The first-order valence-corrected chi connectivity index (χ1v) is 12.7. The van der Waals surface area contributed by atoms with E-state index >= 15 is 0 Å². The first kappa shape index (κ1) is 25.6. The Morgan fingerprint density at radius 2 is 1.62 bits per heavy atom. The average molecular weight is 582 g/mol. The van der Waals surface area contributed by atoms with Gasteiger partial charge in [0.15, 0.2) is 11.0 Å². The van der Waals surface area contributed by atoms with E-state index < -0.39 is 0 Å². The number of thioether (sulfide) groups is 1. The predicted octanol–water partition coefficient (Wildman–Crippen LogP) is 8.51. The van der Waals surface area contributed by atoms with Crippen LogP contribution in [0.25, 0.3) is 0 Å². The highest BCUT2D eigenvalue weighted by atomic mass is 127. The van der Waals surface area contributed by atoms with E-state index in [0.717, 1.165) is 40.2 Å². The second kappa shape index (κ2) is 10.1. The fourth-order valence-electron chi connectivity index (χ4n) is 4.89. The summed E-state index contributed by atoms with van der Waals surface area (Å²) in [7, 11) is 0. The molecule has 0 radical (unpaired) electrons. The lowest BCUT2D eigenvalue weighted by atomic mass is 9.66. The number of aryl methyl sites for hydroxylation is 1. The van der Waals surface area contributed by atoms with Crippen LogP contribution >= 0.6 is 47.3 Å². The smallest absolute Gasteiger partial charge is 0.170 e. The average Bonchev–Trinajstić information content (AvgIpc) is 3.02. The molecule has 0 saturated heterocycles. The molecule has 0 atom stereocenters. The van der Waals surface area contributed by atoms with E-state index in [-0.39, 0.29) is 29.5 Å². The number of rotatable bonds is 2. The normalized spacial score (nSPS) is 24.6. The summed E-state index contributed by atoms with van der Waals surface area (Å²) in [6.45, 7) is 9.21. The predicted molar refractivity (Wildman–Crippen MR) is 153 cm³/mol. The molecule has 1 heterocycles. The van der Waals surface area contributed by atoms with Crippen LogP contribution in [0.15, 0.2) is 58.5 Å². The second-order valence-electron chi connectivity index (χ2n) is 9.85. The Morgan fingerprint density at radius 3 is 2.16 bits per heavy atom. The minimum Gasteiger partial charge on any atom is -0.307 e. The molecule has 1 aliphatic heterocycles. The van der Waals surface area contributed by atoms with Gasteiger partial charge in [-0.25, -0.2) is 9.98 Å². The van der Waals surface area contributed by atoms with Crippen molar-refractivity contribution in [3.8, 4) is 0 Å². The first-order valence-electron chi connectivity index (χ1n) is 11.1. The molecule has 172 valence electrons. The molecule has 2 aromatic carbocycles. The molecular formula is C26H33ClIN3S. The molecule has 0 N–H and O–H groups in total. The van der Waals surface area contributed by atoms with E-state index in [1.807, 2.05) is 12.1 Å². The quantitative estimate of drug-likeness (QED) is 0.333. The largest absolute Gasteiger partial charge is 0.307 e. The van der Waals surface area contributed by atoms with Crippen LogP contribution in [0.4, 0.5) is 11.4 Å². The molecule has 4 rings (SSSR count). The molecular weight excluding hydrogens is 549 g/mol. The van der Waals surface area contributed by atoms with E-state index in [1.165, 1.54) is 18.4 Å². The van der Waals surface area contributed by atoms with Gasteiger partial charge in [0.25, 0.3) is 0 Å². The van der Waals surface area contributed by atoms with Gasteiger partial charge in [0.1, 0.15) is 5.54 Å². The number of nitrogens with zero attached hydrogens (tertiary/aromatic N) is 3. The highest BCUT2D eigenvalue weighted by Crippen LogP contribution is 2.49. The maximum atomic E-state index is 6.21. The zero-order valence-corrected chi connectivity index (χ0v) is 23.5. The molecule has 6 heteroatoms. The third-order valence-electron chi connectivity index (χ3n) is 6.81. The van der Waals surface area contributed by atoms with Crippen molar-refractivity contribution in [2.24, 2.45) is 21.3 Å². The third kappa shape index (κ3) is 5.05. The van der Waals surface area contributed by atoms with Gasteiger partial charge in [-0.3, -0.25) is 0 Å². The van der Waals surface area contributed by atoms with Crippen LogP contribution in [0.1, 0.15) is 52.0 Å². The lowest BCUT2D eigenvalue weighted by molar-refractivity contribution is 0.158. The number of anilines is 1. The van der Waals surface area contributed by atoms with E-state index in [9.17, 15) is 0 Å². The summed E-state index contributed by atoms with van der Waals surface area (Å²) in [5, 5.41) is 1.77. The van der Waals surface area contributed by atoms with Gasteiger partial charge in [-0.1, -0.05) is 61.8 Å².